The summed E-state index contributed by atoms with van der Waals surface area (Å²) in [5.74, 6) is -1.06. The highest BCUT2D eigenvalue weighted by molar-refractivity contribution is 7.89. The maximum atomic E-state index is 12.7. The zero-order valence-corrected chi connectivity index (χ0v) is 13.1. The Hall–Kier alpha value is -1.61. The number of amides is 1. The van der Waals surface area contributed by atoms with Gasteiger partial charge in [-0.3, -0.25) is 4.79 Å². The van der Waals surface area contributed by atoms with Crippen molar-refractivity contribution in [2.75, 3.05) is 19.8 Å². The Bertz CT molecular complexity index is 642. The largest absolute Gasteiger partial charge is 0.416 e. The van der Waals surface area contributed by atoms with Crippen LogP contribution in [0.1, 0.15) is 24.1 Å². The van der Waals surface area contributed by atoms with Gasteiger partial charge in [0.15, 0.2) is 0 Å². The SMILES string of the molecule is CC(=O)NC(CS(=O)(=O)N(C)C)c1cccc(C(F)(F)F)c1. The lowest BCUT2D eigenvalue weighted by molar-refractivity contribution is -0.137. The lowest BCUT2D eigenvalue weighted by Gasteiger charge is -2.21. The molecule has 1 aromatic rings. The number of hydrogen-bond donors (Lipinski definition) is 1. The molecule has 0 saturated heterocycles. The van der Waals surface area contributed by atoms with Crippen LogP contribution >= 0.6 is 0 Å². The minimum Gasteiger partial charge on any atom is -0.348 e. The fourth-order valence-corrected chi connectivity index (χ4v) is 2.75. The molecule has 5 nitrogen and oxygen atoms in total. The Morgan fingerprint density at radius 3 is 2.36 bits per heavy atom. The first-order chi connectivity index (χ1) is 9.93. The summed E-state index contributed by atoms with van der Waals surface area (Å²) >= 11 is 0. The summed E-state index contributed by atoms with van der Waals surface area (Å²) in [7, 11) is -1.08. The van der Waals surface area contributed by atoms with Crippen LogP contribution in [0.2, 0.25) is 0 Å². The monoisotopic (exact) mass is 338 g/mol. The summed E-state index contributed by atoms with van der Waals surface area (Å²) in [6, 6.07) is 3.18. The Kier molecular flexibility index (Phi) is 5.58. The Morgan fingerprint density at radius 1 is 1.32 bits per heavy atom. The molecule has 0 aliphatic rings. The van der Waals surface area contributed by atoms with Crippen molar-refractivity contribution in [1.82, 2.24) is 9.62 Å². The van der Waals surface area contributed by atoms with Gasteiger partial charge < -0.3 is 5.32 Å². The molecule has 0 aliphatic carbocycles. The smallest absolute Gasteiger partial charge is 0.348 e. The van der Waals surface area contributed by atoms with E-state index in [1.165, 1.54) is 33.2 Å². The summed E-state index contributed by atoms with van der Waals surface area (Å²) < 4.78 is 63.1. The number of rotatable bonds is 5. The van der Waals surface area contributed by atoms with E-state index in [2.05, 4.69) is 5.32 Å². The predicted octanol–water partition coefficient (Wildman–Crippen LogP) is 1.77. The van der Waals surface area contributed by atoms with Gasteiger partial charge in [0.05, 0.1) is 17.4 Å². The molecule has 1 unspecified atom stereocenters. The average molecular weight is 338 g/mol. The fraction of sp³-hybridized carbons (Fsp3) is 0.462. The van der Waals surface area contributed by atoms with Gasteiger partial charge in [-0.25, -0.2) is 12.7 Å². The highest BCUT2D eigenvalue weighted by Gasteiger charge is 2.32. The molecule has 0 radical (unpaired) electrons. The van der Waals surface area contributed by atoms with Crippen molar-refractivity contribution in [1.29, 1.82) is 0 Å². The van der Waals surface area contributed by atoms with Crippen molar-refractivity contribution in [2.45, 2.75) is 19.1 Å². The molecule has 0 fully saturated rings. The number of alkyl halides is 3. The first kappa shape index (κ1) is 18.4. The van der Waals surface area contributed by atoms with Gasteiger partial charge in [-0.1, -0.05) is 12.1 Å². The summed E-state index contributed by atoms with van der Waals surface area (Å²) in [5, 5.41) is 2.37. The third kappa shape index (κ3) is 4.99. The normalized spacial score (nSPS) is 14.0. The highest BCUT2D eigenvalue weighted by atomic mass is 32.2. The molecule has 22 heavy (non-hydrogen) atoms. The summed E-state index contributed by atoms with van der Waals surface area (Å²) in [6.45, 7) is 1.17. The van der Waals surface area contributed by atoms with Crippen LogP contribution in [0.25, 0.3) is 0 Å². The number of nitrogens with one attached hydrogen (secondary N) is 1. The maximum absolute atomic E-state index is 12.7. The van der Waals surface area contributed by atoms with Crippen LogP contribution in [0.5, 0.6) is 0 Å². The minimum absolute atomic E-state index is 0.0791. The van der Waals surface area contributed by atoms with Gasteiger partial charge in [0, 0.05) is 21.0 Å². The lowest BCUT2D eigenvalue weighted by atomic mass is 10.0. The molecule has 0 saturated carbocycles. The minimum atomic E-state index is -4.54. The van der Waals surface area contributed by atoms with E-state index in [1.807, 2.05) is 0 Å². The molecule has 0 spiro atoms. The average Bonchev–Trinajstić information content (AvgIpc) is 2.36. The summed E-state index contributed by atoms with van der Waals surface area (Å²) in [5.41, 5.74) is -0.821. The van der Waals surface area contributed by atoms with Crippen molar-refractivity contribution >= 4 is 15.9 Å². The molecule has 0 bridgehead atoms. The van der Waals surface area contributed by atoms with Crippen molar-refractivity contribution in [3.8, 4) is 0 Å². The first-order valence-electron chi connectivity index (χ1n) is 6.28. The lowest BCUT2D eigenvalue weighted by Crippen LogP contribution is -2.36. The highest BCUT2D eigenvalue weighted by Crippen LogP contribution is 2.31. The molecule has 1 aromatic carbocycles. The van der Waals surface area contributed by atoms with E-state index in [0.29, 0.717) is 0 Å². The number of hydrogen-bond acceptors (Lipinski definition) is 3. The van der Waals surface area contributed by atoms with E-state index < -0.39 is 39.5 Å². The molecule has 0 aliphatic heterocycles. The predicted molar refractivity (Wildman–Crippen MR) is 75.5 cm³/mol. The van der Waals surface area contributed by atoms with Crippen molar-refractivity contribution in [3.05, 3.63) is 35.4 Å². The van der Waals surface area contributed by atoms with Crippen molar-refractivity contribution in [2.24, 2.45) is 0 Å². The van der Waals surface area contributed by atoms with Crippen molar-refractivity contribution < 1.29 is 26.4 Å². The third-order valence-electron chi connectivity index (χ3n) is 2.93. The van der Waals surface area contributed by atoms with Crippen LogP contribution in [-0.4, -0.2) is 38.5 Å². The molecule has 9 heteroatoms. The zero-order chi connectivity index (χ0) is 17.1. The van der Waals surface area contributed by atoms with Crippen LogP contribution in [0.3, 0.4) is 0 Å². The molecule has 1 atom stereocenters. The fourth-order valence-electron chi connectivity index (χ4n) is 1.76. The second-order valence-corrected chi connectivity index (χ2v) is 7.16. The van der Waals surface area contributed by atoms with Gasteiger partial charge in [0.1, 0.15) is 0 Å². The standard InChI is InChI=1S/C13H17F3N2O3S/c1-9(19)17-12(8-22(20,21)18(2)3)10-5-4-6-11(7-10)13(14,15)16/h4-7,12H,8H2,1-3H3,(H,17,19). The second kappa shape index (κ2) is 6.66. The van der Waals surface area contributed by atoms with Crippen LogP contribution in [0.15, 0.2) is 24.3 Å². The quantitative estimate of drug-likeness (QED) is 0.890. The second-order valence-electron chi connectivity index (χ2n) is 4.94. The van der Waals surface area contributed by atoms with E-state index in [9.17, 15) is 26.4 Å². The topological polar surface area (TPSA) is 66.5 Å². The molecular weight excluding hydrogens is 321 g/mol. The van der Waals surface area contributed by atoms with Gasteiger partial charge in [-0.15, -0.1) is 0 Å². The van der Waals surface area contributed by atoms with Gasteiger partial charge >= 0.3 is 6.18 Å². The van der Waals surface area contributed by atoms with Gasteiger partial charge in [0.2, 0.25) is 15.9 Å². The van der Waals surface area contributed by atoms with Crippen LogP contribution in [0, 0.1) is 0 Å². The zero-order valence-electron chi connectivity index (χ0n) is 12.3. The number of carbonyl (C=O) groups excluding carboxylic acids is 1. The summed E-state index contributed by atoms with van der Waals surface area (Å²) in [4.78, 5) is 11.2. The first-order valence-corrected chi connectivity index (χ1v) is 7.89. The number of nitrogens with zero attached hydrogens (tertiary/aromatic N) is 1. The summed E-state index contributed by atoms with van der Waals surface area (Å²) in [6.07, 6.45) is -4.54. The Balaban J connectivity index is 3.21. The Labute approximate surface area is 127 Å². The van der Waals surface area contributed by atoms with Gasteiger partial charge in [-0.2, -0.15) is 13.2 Å². The van der Waals surface area contributed by atoms with Crippen LogP contribution in [-0.2, 0) is 21.0 Å². The Morgan fingerprint density at radius 2 is 1.91 bits per heavy atom. The molecule has 1 rings (SSSR count). The molecule has 1 amide bonds. The molecular formula is C13H17F3N2O3S. The number of benzene rings is 1. The molecule has 0 heterocycles. The van der Waals surface area contributed by atoms with E-state index in [4.69, 9.17) is 0 Å². The third-order valence-corrected chi connectivity index (χ3v) is 4.79. The van der Waals surface area contributed by atoms with Crippen molar-refractivity contribution in [3.63, 3.8) is 0 Å². The number of carbonyl (C=O) groups is 1. The van der Waals surface area contributed by atoms with E-state index in [0.717, 1.165) is 16.4 Å². The number of halogens is 3. The van der Waals surface area contributed by atoms with Crippen LogP contribution < -0.4 is 5.32 Å². The molecule has 0 aromatic heterocycles. The molecule has 1 N–H and O–H groups in total. The van der Waals surface area contributed by atoms with Gasteiger partial charge in [0.25, 0.3) is 0 Å². The van der Waals surface area contributed by atoms with Gasteiger partial charge in [-0.05, 0) is 17.7 Å². The number of sulfonamides is 1. The molecule has 124 valence electrons. The van der Waals surface area contributed by atoms with E-state index in [-0.39, 0.29) is 5.56 Å². The van der Waals surface area contributed by atoms with E-state index >= 15 is 0 Å². The maximum Gasteiger partial charge on any atom is 0.416 e. The van der Waals surface area contributed by atoms with Crippen LogP contribution in [0.4, 0.5) is 13.2 Å². The van der Waals surface area contributed by atoms with E-state index in [1.54, 1.807) is 0 Å².